The molecule has 0 aromatic heterocycles. The van der Waals surface area contributed by atoms with Gasteiger partial charge in [0.05, 0.1) is 14.2 Å². The van der Waals surface area contributed by atoms with Crippen LogP contribution in [0.3, 0.4) is 0 Å². The Morgan fingerprint density at radius 2 is 1.76 bits per heavy atom. The lowest BCUT2D eigenvalue weighted by molar-refractivity contribution is 0.274. The molecule has 6 nitrogen and oxygen atoms in total. The lowest BCUT2D eigenvalue weighted by atomic mass is 10.2. The van der Waals surface area contributed by atoms with E-state index in [2.05, 4.69) is 21.2 Å². The Kier molecular flexibility index (Phi) is 6.30. The van der Waals surface area contributed by atoms with E-state index in [1.807, 2.05) is 0 Å². The van der Waals surface area contributed by atoms with Crippen LogP contribution in [-0.4, -0.2) is 53.1 Å². The van der Waals surface area contributed by atoms with Crippen LogP contribution < -0.4 is 14.8 Å². The summed E-state index contributed by atoms with van der Waals surface area (Å²) in [4.78, 5) is 0.171. The number of halogens is 2. The monoisotopic (exact) mass is 400 g/mol. The number of ether oxygens (including phenoxy) is 2. The van der Waals surface area contributed by atoms with Gasteiger partial charge in [-0.25, -0.2) is 8.42 Å². The molecule has 21 heavy (non-hydrogen) atoms. The Morgan fingerprint density at radius 3 is 2.19 bits per heavy atom. The average molecular weight is 402 g/mol. The number of nitrogens with zero attached hydrogens (tertiary/aromatic N) is 1. The summed E-state index contributed by atoms with van der Waals surface area (Å²) in [6.45, 7) is 1.33. The Hall–Kier alpha value is -0.540. The van der Waals surface area contributed by atoms with E-state index in [9.17, 15) is 8.42 Å². The van der Waals surface area contributed by atoms with Gasteiger partial charge in [0.1, 0.15) is 4.90 Å². The molecule has 0 amide bonds. The molecule has 1 aromatic carbocycles. The third-order valence-corrected chi connectivity index (χ3v) is 6.24. The summed E-state index contributed by atoms with van der Waals surface area (Å²) in [6.07, 6.45) is 0. The lowest BCUT2D eigenvalue weighted by Gasteiger charge is -2.34. The highest BCUT2D eigenvalue weighted by molar-refractivity contribution is 9.10. The smallest absolute Gasteiger partial charge is 0.244 e. The molecule has 1 N–H and O–H groups in total. The maximum atomic E-state index is 12.6. The van der Waals surface area contributed by atoms with Crippen LogP contribution in [0.1, 0.15) is 0 Å². The minimum absolute atomic E-state index is 0. The van der Waals surface area contributed by atoms with Crippen molar-refractivity contribution in [2.75, 3.05) is 34.4 Å². The molecule has 0 atom stereocenters. The molecule has 9 heteroatoms. The van der Waals surface area contributed by atoms with Gasteiger partial charge in [0.15, 0.2) is 11.5 Å². The number of rotatable bonds is 5. The highest BCUT2D eigenvalue weighted by Crippen LogP contribution is 2.36. The summed E-state index contributed by atoms with van der Waals surface area (Å²) in [5, 5.41) is 3.06. The lowest BCUT2D eigenvalue weighted by Crippen LogP contribution is -2.57. The quantitative estimate of drug-likeness (QED) is 0.809. The van der Waals surface area contributed by atoms with Crippen molar-refractivity contribution in [3.63, 3.8) is 0 Å². The maximum Gasteiger partial charge on any atom is 0.244 e. The first-order valence-corrected chi connectivity index (χ1v) is 8.25. The predicted molar refractivity (Wildman–Crippen MR) is 86.1 cm³/mol. The van der Waals surface area contributed by atoms with Crippen molar-refractivity contribution < 1.29 is 17.9 Å². The molecule has 1 fully saturated rings. The maximum absolute atomic E-state index is 12.6. The first kappa shape index (κ1) is 18.5. The molecule has 1 aromatic rings. The number of likely N-dealkylation sites (N-methyl/N-ethyl adjacent to an activating group) is 1. The van der Waals surface area contributed by atoms with Gasteiger partial charge in [-0.1, -0.05) is 0 Å². The second-order valence-electron chi connectivity index (χ2n) is 4.47. The van der Waals surface area contributed by atoms with Gasteiger partial charge in [-0.2, -0.15) is 4.31 Å². The zero-order valence-electron chi connectivity index (χ0n) is 11.9. The van der Waals surface area contributed by atoms with Crippen molar-refractivity contribution in [1.82, 2.24) is 9.62 Å². The average Bonchev–Trinajstić information content (AvgIpc) is 2.35. The highest BCUT2D eigenvalue weighted by atomic mass is 79.9. The van der Waals surface area contributed by atoms with Crippen LogP contribution in [0, 0.1) is 0 Å². The van der Waals surface area contributed by atoms with Crippen LogP contribution in [0.4, 0.5) is 0 Å². The molecular weight excluding hydrogens is 384 g/mol. The van der Waals surface area contributed by atoms with Gasteiger partial charge in [0.25, 0.3) is 0 Å². The van der Waals surface area contributed by atoms with E-state index >= 15 is 0 Å². The van der Waals surface area contributed by atoms with Crippen LogP contribution in [0.25, 0.3) is 0 Å². The molecule has 0 saturated carbocycles. The molecule has 1 heterocycles. The molecule has 120 valence electrons. The van der Waals surface area contributed by atoms with E-state index in [1.165, 1.54) is 24.6 Å². The fraction of sp³-hybridized carbons (Fsp3) is 0.500. The fourth-order valence-corrected chi connectivity index (χ4v) is 4.26. The summed E-state index contributed by atoms with van der Waals surface area (Å²) in [5.41, 5.74) is 0. The molecule has 2 rings (SSSR count). The first-order chi connectivity index (χ1) is 9.41. The zero-order chi connectivity index (χ0) is 14.9. The highest BCUT2D eigenvalue weighted by Gasteiger charge is 2.33. The van der Waals surface area contributed by atoms with Crippen LogP contribution in [-0.2, 0) is 10.0 Å². The predicted octanol–water partition coefficient (Wildman–Crippen LogP) is 1.48. The zero-order valence-corrected chi connectivity index (χ0v) is 15.1. The van der Waals surface area contributed by atoms with E-state index in [0.717, 1.165) is 0 Å². The SMILES string of the molecule is COc1cc(Br)c(S(=O)(=O)N(C)C2CNC2)cc1OC.Cl. The number of nitrogens with one attached hydrogen (secondary N) is 1. The van der Waals surface area contributed by atoms with Crippen molar-refractivity contribution in [1.29, 1.82) is 0 Å². The van der Waals surface area contributed by atoms with Gasteiger partial charge in [0, 0.05) is 36.7 Å². The summed E-state index contributed by atoms with van der Waals surface area (Å²) in [5.74, 6) is 0.862. The molecule has 1 aliphatic heterocycles. The number of sulfonamides is 1. The molecule has 0 radical (unpaired) electrons. The van der Waals surface area contributed by atoms with Crippen LogP contribution >= 0.6 is 28.3 Å². The Labute approximate surface area is 139 Å². The van der Waals surface area contributed by atoms with E-state index in [0.29, 0.717) is 29.1 Å². The Balaban J connectivity index is 0.00000220. The van der Waals surface area contributed by atoms with Gasteiger partial charge in [-0.3, -0.25) is 0 Å². The van der Waals surface area contributed by atoms with Gasteiger partial charge >= 0.3 is 0 Å². The van der Waals surface area contributed by atoms with Crippen molar-refractivity contribution in [3.8, 4) is 11.5 Å². The van der Waals surface area contributed by atoms with Gasteiger partial charge in [-0.15, -0.1) is 12.4 Å². The van der Waals surface area contributed by atoms with Crippen molar-refractivity contribution in [2.45, 2.75) is 10.9 Å². The van der Waals surface area contributed by atoms with E-state index in [4.69, 9.17) is 9.47 Å². The number of benzene rings is 1. The summed E-state index contributed by atoms with van der Waals surface area (Å²) in [7, 11) is 0.989. The molecule has 0 spiro atoms. The van der Waals surface area contributed by atoms with Crippen molar-refractivity contribution >= 4 is 38.4 Å². The minimum atomic E-state index is -3.58. The second kappa shape index (κ2) is 7.15. The molecular formula is C12H18BrClN2O4S. The summed E-state index contributed by atoms with van der Waals surface area (Å²) in [6, 6.07) is 3.05. The van der Waals surface area contributed by atoms with Gasteiger partial charge in [-0.05, 0) is 22.0 Å². The number of methoxy groups -OCH3 is 2. The van der Waals surface area contributed by atoms with Gasteiger partial charge < -0.3 is 14.8 Å². The minimum Gasteiger partial charge on any atom is -0.493 e. The standard InChI is InChI=1S/C12H17BrN2O4S.ClH/c1-15(8-6-14-7-8)20(16,17)12-5-11(19-3)10(18-2)4-9(12)13;/h4-5,8,14H,6-7H2,1-3H3;1H. The van der Waals surface area contributed by atoms with Gasteiger partial charge in [0.2, 0.25) is 10.0 Å². The van der Waals surface area contributed by atoms with E-state index in [1.54, 1.807) is 13.1 Å². The molecule has 1 saturated heterocycles. The summed E-state index contributed by atoms with van der Waals surface area (Å²) >= 11 is 3.29. The van der Waals surface area contributed by atoms with E-state index < -0.39 is 10.0 Å². The Bertz CT molecular complexity index is 608. The summed E-state index contributed by atoms with van der Waals surface area (Å²) < 4.78 is 37.4. The second-order valence-corrected chi connectivity index (χ2v) is 7.29. The largest absolute Gasteiger partial charge is 0.493 e. The first-order valence-electron chi connectivity index (χ1n) is 6.02. The normalized spacial score (nSPS) is 15.3. The molecule has 0 bridgehead atoms. The third kappa shape index (κ3) is 3.45. The topological polar surface area (TPSA) is 67.9 Å². The molecule has 0 unspecified atom stereocenters. The molecule has 0 aliphatic carbocycles. The van der Waals surface area contributed by atoms with Crippen LogP contribution in [0.15, 0.2) is 21.5 Å². The van der Waals surface area contributed by atoms with E-state index in [-0.39, 0.29) is 23.3 Å². The van der Waals surface area contributed by atoms with Crippen LogP contribution in [0.5, 0.6) is 11.5 Å². The van der Waals surface area contributed by atoms with Crippen LogP contribution in [0.2, 0.25) is 0 Å². The van der Waals surface area contributed by atoms with Crippen molar-refractivity contribution in [3.05, 3.63) is 16.6 Å². The fourth-order valence-electron chi connectivity index (χ4n) is 1.92. The number of hydrogen-bond acceptors (Lipinski definition) is 5. The Morgan fingerprint density at radius 1 is 1.24 bits per heavy atom. The third-order valence-electron chi connectivity index (χ3n) is 3.37. The molecule has 1 aliphatic rings. The number of hydrogen-bond donors (Lipinski definition) is 1. The van der Waals surface area contributed by atoms with Crippen molar-refractivity contribution in [2.24, 2.45) is 0 Å².